The summed E-state index contributed by atoms with van der Waals surface area (Å²) in [5, 5.41) is 24.0. The van der Waals surface area contributed by atoms with Crippen LogP contribution in [0.2, 0.25) is 0 Å². The number of aliphatic hydroxyl groups is 2. The van der Waals surface area contributed by atoms with Crippen LogP contribution >= 0.6 is 0 Å². The monoisotopic (exact) mass is 950 g/mol. The Morgan fingerprint density at radius 1 is 0.324 bits per heavy atom. The third-order valence-electron chi connectivity index (χ3n) is 9.78. The predicted molar refractivity (Wildman–Crippen MR) is 253 cm³/mol. The average Bonchev–Trinajstić information content (AvgIpc) is 3.36. The molecular weight excluding hydrogens is 885 g/mol. The zero-order valence-corrected chi connectivity index (χ0v) is 38.7. The highest BCUT2D eigenvalue weighted by molar-refractivity contribution is 6.32. The van der Waals surface area contributed by atoms with Gasteiger partial charge in [-0.25, -0.2) is 0 Å². The molecule has 0 unspecified atom stereocenters. The number of benzene rings is 4. The van der Waals surface area contributed by atoms with Crippen LogP contribution in [0.3, 0.4) is 0 Å². The molecule has 0 bridgehead atoms. The fourth-order valence-electron chi connectivity index (χ4n) is 6.54. The molecule has 0 radical (unpaired) electrons. The summed E-state index contributed by atoms with van der Waals surface area (Å²) in [7, 11) is 0. The van der Waals surface area contributed by atoms with E-state index in [1.807, 2.05) is 48.5 Å². The minimum Gasteiger partial charge on any atom is -0.491 e. The first-order chi connectivity index (χ1) is 33.6. The van der Waals surface area contributed by atoms with E-state index in [4.69, 9.17) is 67.1 Å². The maximum absolute atomic E-state index is 14.1. The van der Waals surface area contributed by atoms with Gasteiger partial charge in [0.15, 0.2) is 11.6 Å². The number of anilines is 4. The van der Waals surface area contributed by atoms with Crippen molar-refractivity contribution in [3.63, 3.8) is 0 Å². The van der Waals surface area contributed by atoms with Gasteiger partial charge in [-0.05, 0) is 60.7 Å². The highest BCUT2D eigenvalue weighted by Crippen LogP contribution is 2.39. The SMILES string of the molecule is O=C1c2ccccc2C(=O)c2c(Nc3ccc(OCCOCCOCCOCCOCCOCCO)cc3)ccc(Nc3ccc(OCCOCCOCCOCCOCCOCCO)cc3)c21. The van der Waals surface area contributed by atoms with Gasteiger partial charge in [-0.1, -0.05) is 24.3 Å². The van der Waals surface area contributed by atoms with Crippen LogP contribution in [0.1, 0.15) is 31.8 Å². The van der Waals surface area contributed by atoms with Crippen LogP contribution in [0.4, 0.5) is 22.7 Å². The van der Waals surface area contributed by atoms with E-state index in [0.29, 0.717) is 191 Å². The van der Waals surface area contributed by atoms with E-state index in [2.05, 4.69) is 10.6 Å². The molecule has 68 heavy (non-hydrogen) atoms. The van der Waals surface area contributed by atoms with Gasteiger partial charge in [-0.2, -0.15) is 0 Å². The number of carbonyl (C=O) groups is 2. The number of aliphatic hydroxyl groups excluding tert-OH is 2. The summed E-state index contributed by atoms with van der Waals surface area (Å²) < 4.78 is 65.9. The van der Waals surface area contributed by atoms with Gasteiger partial charge >= 0.3 is 0 Å². The van der Waals surface area contributed by atoms with Gasteiger partial charge in [0.25, 0.3) is 0 Å². The average molecular weight is 951 g/mol. The quantitative estimate of drug-likeness (QED) is 0.0387. The van der Waals surface area contributed by atoms with Crippen molar-refractivity contribution in [1.82, 2.24) is 0 Å². The second-order valence-electron chi connectivity index (χ2n) is 14.7. The summed E-state index contributed by atoms with van der Waals surface area (Å²) >= 11 is 0. The van der Waals surface area contributed by atoms with Gasteiger partial charge in [0.05, 0.1) is 168 Å². The summed E-state index contributed by atoms with van der Waals surface area (Å²) in [5.74, 6) is 0.805. The van der Waals surface area contributed by atoms with Crippen LogP contribution in [-0.4, -0.2) is 180 Å². The Kier molecular flexibility index (Phi) is 26.5. The molecule has 0 heterocycles. The Hall–Kier alpha value is -5.06. The normalized spacial score (nSPS) is 12.0. The molecule has 5 rings (SSSR count). The number of ketones is 2. The highest BCUT2D eigenvalue weighted by atomic mass is 16.6. The molecule has 1 aliphatic rings. The zero-order valence-electron chi connectivity index (χ0n) is 38.7. The summed E-state index contributed by atoms with van der Waals surface area (Å²) in [6.07, 6.45) is 0. The Balaban J connectivity index is 0.997. The van der Waals surface area contributed by atoms with Crippen molar-refractivity contribution in [3.8, 4) is 11.5 Å². The van der Waals surface area contributed by atoms with Gasteiger partial charge in [0.2, 0.25) is 0 Å². The standard InChI is InChI=1S/C50H66N2O16/c53-15-17-57-19-21-59-23-25-61-27-29-63-31-33-65-35-37-67-41-9-5-39(6-10-41)51-45-13-14-46(48-47(45)49(55)43-3-1-2-4-44(43)50(48)56)52-40-7-11-42(12-8-40)68-38-36-66-34-32-64-30-28-62-26-24-60-22-20-58-18-16-54/h1-14,51-54H,15-38H2. The van der Waals surface area contributed by atoms with Crippen molar-refractivity contribution in [2.45, 2.75) is 0 Å². The zero-order chi connectivity index (χ0) is 47.7. The molecule has 0 atom stereocenters. The Morgan fingerprint density at radius 2 is 0.588 bits per heavy atom. The van der Waals surface area contributed by atoms with Crippen molar-refractivity contribution in [3.05, 3.63) is 107 Å². The lowest BCUT2D eigenvalue weighted by Gasteiger charge is -2.24. The van der Waals surface area contributed by atoms with E-state index in [-0.39, 0.29) is 35.9 Å². The van der Waals surface area contributed by atoms with Gasteiger partial charge in [-0.3, -0.25) is 9.59 Å². The molecule has 1 aliphatic carbocycles. The molecule has 0 aliphatic heterocycles. The number of hydrogen-bond donors (Lipinski definition) is 4. The maximum atomic E-state index is 14.1. The fourth-order valence-corrected chi connectivity index (χ4v) is 6.54. The van der Waals surface area contributed by atoms with E-state index in [1.165, 1.54) is 0 Å². The lowest BCUT2D eigenvalue weighted by atomic mass is 9.82. The molecule has 4 aromatic carbocycles. The number of fused-ring (bicyclic) bond motifs is 2. The molecule has 0 amide bonds. The van der Waals surface area contributed by atoms with E-state index in [1.54, 1.807) is 36.4 Å². The van der Waals surface area contributed by atoms with Gasteiger partial charge in [-0.15, -0.1) is 0 Å². The summed E-state index contributed by atoms with van der Waals surface area (Å²) in [6.45, 7) is 9.30. The molecule has 0 spiro atoms. The van der Waals surface area contributed by atoms with Crippen LogP contribution in [0.25, 0.3) is 0 Å². The maximum Gasteiger partial charge on any atom is 0.196 e. The molecule has 372 valence electrons. The molecule has 4 aromatic rings. The Morgan fingerprint density at radius 3 is 0.868 bits per heavy atom. The van der Waals surface area contributed by atoms with Crippen molar-refractivity contribution >= 4 is 34.3 Å². The first-order valence-electron chi connectivity index (χ1n) is 22.9. The number of rotatable bonds is 40. The first-order valence-corrected chi connectivity index (χ1v) is 22.9. The van der Waals surface area contributed by atoms with E-state index in [9.17, 15) is 9.59 Å². The Bertz CT molecular complexity index is 1860. The van der Waals surface area contributed by atoms with Crippen molar-refractivity contribution in [2.75, 3.05) is 169 Å². The third kappa shape index (κ3) is 19.9. The molecular formula is C50H66N2O16. The van der Waals surface area contributed by atoms with E-state index >= 15 is 0 Å². The molecule has 18 nitrogen and oxygen atoms in total. The van der Waals surface area contributed by atoms with E-state index < -0.39 is 0 Å². The number of carbonyl (C=O) groups excluding carboxylic acids is 2. The smallest absolute Gasteiger partial charge is 0.196 e. The molecule has 0 aromatic heterocycles. The van der Waals surface area contributed by atoms with Crippen LogP contribution in [-0.2, 0) is 47.4 Å². The second kappa shape index (κ2) is 33.4. The van der Waals surface area contributed by atoms with Crippen molar-refractivity contribution in [2.24, 2.45) is 0 Å². The number of nitrogens with one attached hydrogen (secondary N) is 2. The van der Waals surface area contributed by atoms with Gasteiger partial charge in [0.1, 0.15) is 24.7 Å². The molecule has 0 fully saturated rings. The molecule has 0 saturated heterocycles. The van der Waals surface area contributed by atoms with Gasteiger partial charge < -0.3 is 77.7 Å². The summed E-state index contributed by atoms with van der Waals surface area (Å²) in [5.41, 5.74) is 3.70. The lowest BCUT2D eigenvalue weighted by Crippen LogP contribution is -2.23. The van der Waals surface area contributed by atoms with Gasteiger partial charge in [0, 0.05) is 22.5 Å². The number of hydrogen-bond acceptors (Lipinski definition) is 18. The second-order valence-corrected chi connectivity index (χ2v) is 14.7. The lowest BCUT2D eigenvalue weighted by molar-refractivity contribution is -0.0146. The van der Waals surface area contributed by atoms with E-state index in [0.717, 1.165) is 0 Å². The summed E-state index contributed by atoms with van der Waals surface area (Å²) in [4.78, 5) is 28.1. The third-order valence-corrected chi connectivity index (χ3v) is 9.78. The first kappa shape index (κ1) is 53.9. The van der Waals surface area contributed by atoms with Crippen LogP contribution < -0.4 is 20.1 Å². The molecule has 18 heteroatoms. The number of ether oxygens (including phenoxy) is 12. The molecule has 0 saturated carbocycles. The van der Waals surface area contributed by atoms with Crippen molar-refractivity contribution in [1.29, 1.82) is 0 Å². The Labute approximate surface area is 397 Å². The van der Waals surface area contributed by atoms with Crippen molar-refractivity contribution < 1.29 is 76.6 Å². The topological polar surface area (TPSA) is 209 Å². The van der Waals surface area contributed by atoms with Crippen LogP contribution in [0.15, 0.2) is 84.9 Å². The predicted octanol–water partition coefficient (Wildman–Crippen LogP) is 4.86. The minimum absolute atomic E-state index is 0.00248. The largest absolute Gasteiger partial charge is 0.491 e. The van der Waals surface area contributed by atoms with Crippen LogP contribution in [0.5, 0.6) is 11.5 Å². The fraction of sp³-hybridized carbons (Fsp3) is 0.480. The highest BCUT2D eigenvalue weighted by Gasteiger charge is 2.34. The summed E-state index contributed by atoms with van der Waals surface area (Å²) in [6, 6.07) is 25.1. The van der Waals surface area contributed by atoms with Crippen LogP contribution in [0, 0.1) is 0 Å². The molecule has 4 N–H and O–H groups in total. The minimum atomic E-state index is -0.249.